The summed E-state index contributed by atoms with van der Waals surface area (Å²) in [5.74, 6) is 0.225. The molecule has 2 aromatic carbocycles. The average Bonchev–Trinajstić information content (AvgIpc) is 2.62. The summed E-state index contributed by atoms with van der Waals surface area (Å²) in [5.41, 5.74) is 1.31. The van der Waals surface area contributed by atoms with Crippen LogP contribution < -0.4 is 4.90 Å². The van der Waals surface area contributed by atoms with Crippen LogP contribution in [-0.4, -0.2) is 22.7 Å². The molecule has 0 aliphatic rings. The molecular weight excluding hydrogens is 314 g/mol. The summed E-state index contributed by atoms with van der Waals surface area (Å²) in [7, 11) is 0. The maximum absolute atomic E-state index is 12.9. The molecule has 0 saturated carbocycles. The Hall–Kier alpha value is -2.49. The Balaban J connectivity index is 2.07. The van der Waals surface area contributed by atoms with E-state index in [1.807, 2.05) is 0 Å². The van der Waals surface area contributed by atoms with E-state index >= 15 is 0 Å². The normalized spacial score (nSPS) is 10.6. The van der Waals surface area contributed by atoms with Crippen molar-refractivity contribution in [3.63, 3.8) is 0 Å². The van der Waals surface area contributed by atoms with Crippen LogP contribution in [0.5, 0.6) is 11.5 Å². The second-order valence-corrected chi connectivity index (χ2v) is 6.29. The Morgan fingerprint density at radius 2 is 1.32 bits per heavy atom. The quantitative estimate of drug-likeness (QED) is 0.623. The molecule has 0 saturated heterocycles. The van der Waals surface area contributed by atoms with E-state index in [4.69, 9.17) is 0 Å². The van der Waals surface area contributed by atoms with Gasteiger partial charge in [0.2, 0.25) is 0 Å². The van der Waals surface area contributed by atoms with Crippen LogP contribution in [0.2, 0.25) is 0 Å². The van der Waals surface area contributed by atoms with Crippen LogP contribution in [0.3, 0.4) is 0 Å². The first-order valence-corrected chi connectivity index (χ1v) is 9.01. The Bertz CT molecular complexity index is 650. The van der Waals surface area contributed by atoms with Gasteiger partial charge < -0.3 is 15.1 Å². The van der Waals surface area contributed by atoms with Gasteiger partial charge in [0.25, 0.3) is 5.91 Å². The van der Waals surface area contributed by atoms with E-state index in [9.17, 15) is 15.0 Å². The number of nitrogens with zero attached hydrogens (tertiary/aromatic N) is 1. The fourth-order valence-electron chi connectivity index (χ4n) is 2.79. The lowest BCUT2D eigenvalue weighted by Crippen LogP contribution is -2.31. The number of rotatable bonds is 9. The average molecular weight is 341 g/mol. The molecule has 0 bridgehead atoms. The van der Waals surface area contributed by atoms with E-state index in [1.54, 1.807) is 41.3 Å². The minimum atomic E-state index is -0.0979. The zero-order valence-corrected chi connectivity index (χ0v) is 14.8. The second kappa shape index (κ2) is 9.72. The molecule has 25 heavy (non-hydrogen) atoms. The van der Waals surface area contributed by atoms with Gasteiger partial charge >= 0.3 is 0 Å². The number of hydrogen-bond donors (Lipinski definition) is 2. The zero-order chi connectivity index (χ0) is 18.1. The predicted octanol–water partition coefficient (Wildman–Crippen LogP) is 5.11. The molecule has 1 amide bonds. The molecule has 4 nitrogen and oxygen atoms in total. The van der Waals surface area contributed by atoms with Crippen LogP contribution in [0, 0.1) is 0 Å². The number of phenolic OH excluding ortho intramolecular Hbond substituents is 2. The fraction of sp³-hybridized carbons (Fsp3) is 0.381. The van der Waals surface area contributed by atoms with Crippen molar-refractivity contribution in [3.05, 3.63) is 54.1 Å². The lowest BCUT2D eigenvalue weighted by molar-refractivity contribution is 0.0986. The van der Waals surface area contributed by atoms with Crippen molar-refractivity contribution in [3.8, 4) is 11.5 Å². The fourth-order valence-corrected chi connectivity index (χ4v) is 2.79. The molecule has 0 radical (unpaired) electrons. The molecule has 4 heteroatoms. The van der Waals surface area contributed by atoms with Crippen LogP contribution in [0.1, 0.15) is 55.8 Å². The highest BCUT2D eigenvalue weighted by atomic mass is 16.3. The molecule has 0 spiro atoms. The highest BCUT2D eigenvalue weighted by Crippen LogP contribution is 2.22. The van der Waals surface area contributed by atoms with Crippen molar-refractivity contribution in [1.82, 2.24) is 0 Å². The first-order valence-electron chi connectivity index (χ1n) is 9.01. The molecule has 0 atom stereocenters. The number of anilines is 1. The van der Waals surface area contributed by atoms with Crippen molar-refractivity contribution < 1.29 is 15.0 Å². The molecule has 0 fully saturated rings. The molecule has 134 valence electrons. The SMILES string of the molecule is CCCCCCCCN(C(=O)c1ccc(O)cc1)c1ccc(O)cc1. The molecule has 2 N–H and O–H groups in total. The number of phenols is 2. The number of amides is 1. The van der Waals surface area contributed by atoms with Gasteiger partial charge in [-0.15, -0.1) is 0 Å². The van der Waals surface area contributed by atoms with E-state index in [0.717, 1.165) is 18.5 Å². The lowest BCUT2D eigenvalue weighted by Gasteiger charge is -2.23. The van der Waals surface area contributed by atoms with E-state index in [0.29, 0.717) is 12.1 Å². The van der Waals surface area contributed by atoms with Crippen molar-refractivity contribution >= 4 is 11.6 Å². The van der Waals surface area contributed by atoms with Crippen molar-refractivity contribution in [2.75, 3.05) is 11.4 Å². The summed E-state index contributed by atoms with van der Waals surface area (Å²) in [6, 6.07) is 13.0. The van der Waals surface area contributed by atoms with Crippen molar-refractivity contribution in [1.29, 1.82) is 0 Å². The summed E-state index contributed by atoms with van der Waals surface area (Å²) >= 11 is 0. The number of aromatic hydroxyl groups is 2. The predicted molar refractivity (Wildman–Crippen MR) is 101 cm³/mol. The van der Waals surface area contributed by atoms with Gasteiger partial charge in [0.1, 0.15) is 11.5 Å². The van der Waals surface area contributed by atoms with E-state index in [2.05, 4.69) is 6.92 Å². The number of benzene rings is 2. The lowest BCUT2D eigenvalue weighted by atomic mass is 10.1. The first kappa shape index (κ1) is 18.8. The van der Waals surface area contributed by atoms with Gasteiger partial charge in [-0.3, -0.25) is 4.79 Å². The van der Waals surface area contributed by atoms with Gasteiger partial charge in [-0.1, -0.05) is 39.0 Å². The van der Waals surface area contributed by atoms with Crippen molar-refractivity contribution in [2.24, 2.45) is 0 Å². The molecular formula is C21H27NO3. The van der Waals surface area contributed by atoms with Crippen LogP contribution in [0.15, 0.2) is 48.5 Å². The summed E-state index contributed by atoms with van der Waals surface area (Å²) < 4.78 is 0. The monoisotopic (exact) mass is 341 g/mol. The maximum atomic E-state index is 12.9. The largest absolute Gasteiger partial charge is 0.508 e. The summed E-state index contributed by atoms with van der Waals surface area (Å²) in [4.78, 5) is 14.6. The molecule has 2 aromatic rings. The third kappa shape index (κ3) is 5.82. The first-order chi connectivity index (χ1) is 12.1. The molecule has 0 unspecified atom stereocenters. The standard InChI is InChI=1S/C21H27NO3/c1-2-3-4-5-6-7-16-22(18-10-14-20(24)15-11-18)21(25)17-8-12-19(23)13-9-17/h8-15,23-24H,2-7,16H2,1H3. The highest BCUT2D eigenvalue weighted by Gasteiger charge is 2.17. The van der Waals surface area contributed by atoms with Crippen LogP contribution in [0.4, 0.5) is 5.69 Å². The Morgan fingerprint density at radius 1 is 0.800 bits per heavy atom. The number of carbonyl (C=O) groups is 1. The summed E-state index contributed by atoms with van der Waals surface area (Å²) in [6.45, 7) is 2.83. The minimum absolute atomic E-state index is 0.0979. The van der Waals surface area contributed by atoms with Gasteiger partial charge in [-0.25, -0.2) is 0 Å². The van der Waals surface area contributed by atoms with Gasteiger partial charge in [-0.05, 0) is 55.0 Å². The van der Waals surface area contributed by atoms with Gasteiger partial charge in [-0.2, -0.15) is 0 Å². The third-order valence-electron chi connectivity index (χ3n) is 4.26. The van der Waals surface area contributed by atoms with E-state index < -0.39 is 0 Å². The maximum Gasteiger partial charge on any atom is 0.258 e. The topological polar surface area (TPSA) is 60.8 Å². The van der Waals surface area contributed by atoms with E-state index in [1.165, 1.54) is 37.8 Å². The summed E-state index contributed by atoms with van der Waals surface area (Å²) in [6.07, 6.45) is 6.94. The molecule has 0 aliphatic heterocycles. The van der Waals surface area contributed by atoms with Crippen LogP contribution >= 0.6 is 0 Å². The second-order valence-electron chi connectivity index (χ2n) is 6.29. The summed E-state index contributed by atoms with van der Waals surface area (Å²) in [5, 5.41) is 18.9. The number of unbranched alkanes of at least 4 members (excludes halogenated alkanes) is 5. The van der Waals surface area contributed by atoms with Crippen LogP contribution in [-0.2, 0) is 0 Å². The number of carbonyl (C=O) groups excluding carboxylic acids is 1. The Morgan fingerprint density at radius 3 is 1.92 bits per heavy atom. The number of hydrogen-bond acceptors (Lipinski definition) is 3. The third-order valence-corrected chi connectivity index (χ3v) is 4.26. The Labute approximate surface area is 149 Å². The molecule has 0 aromatic heterocycles. The van der Waals surface area contributed by atoms with Crippen molar-refractivity contribution in [2.45, 2.75) is 45.4 Å². The molecule has 0 aliphatic carbocycles. The van der Waals surface area contributed by atoms with E-state index in [-0.39, 0.29) is 17.4 Å². The minimum Gasteiger partial charge on any atom is -0.508 e. The van der Waals surface area contributed by atoms with Gasteiger partial charge in [0.05, 0.1) is 0 Å². The van der Waals surface area contributed by atoms with Gasteiger partial charge in [0, 0.05) is 17.8 Å². The molecule has 2 rings (SSSR count). The zero-order valence-electron chi connectivity index (χ0n) is 14.8. The Kier molecular flexibility index (Phi) is 7.33. The smallest absolute Gasteiger partial charge is 0.258 e. The van der Waals surface area contributed by atoms with Crippen LogP contribution in [0.25, 0.3) is 0 Å². The highest BCUT2D eigenvalue weighted by molar-refractivity contribution is 6.06. The van der Waals surface area contributed by atoms with Gasteiger partial charge in [0.15, 0.2) is 0 Å². The molecule has 0 heterocycles.